The van der Waals surface area contributed by atoms with Gasteiger partial charge in [-0.05, 0) is 55.0 Å². The van der Waals surface area contributed by atoms with Gasteiger partial charge in [0.25, 0.3) is 11.8 Å². The van der Waals surface area contributed by atoms with Crippen molar-refractivity contribution in [3.05, 3.63) is 82.4 Å². The van der Waals surface area contributed by atoms with E-state index in [0.29, 0.717) is 0 Å². The standard InChI is InChI=1S/C23H14F3NO9S/c1-22(35-21(32)14-7-5-13(6-8-14)20(30)31)10-9-12-3-2-4-15-17(12)16(11-22)19(29)27(18(15)28)36-37(33,34)23(24,25)26/h2-11H,1H3,(H,30,31). The maximum atomic E-state index is 13.1. The molecule has 1 aliphatic carbocycles. The molecule has 0 fully saturated rings. The molecule has 0 saturated carbocycles. The first-order valence-corrected chi connectivity index (χ1v) is 11.6. The maximum absolute atomic E-state index is 13.1. The number of carboxylic acid groups (broad SMARTS) is 1. The predicted octanol–water partition coefficient (Wildman–Crippen LogP) is 3.17. The summed E-state index contributed by atoms with van der Waals surface area (Å²) in [5, 5.41) is 8.48. The Bertz CT molecular complexity index is 1530. The van der Waals surface area contributed by atoms with Gasteiger partial charge in [0.05, 0.1) is 22.3 Å². The molecule has 2 aromatic rings. The largest absolute Gasteiger partial charge is 0.525 e. The number of alkyl halides is 3. The van der Waals surface area contributed by atoms with Crippen LogP contribution in [0.4, 0.5) is 13.2 Å². The Hall–Kier alpha value is -4.30. The summed E-state index contributed by atoms with van der Waals surface area (Å²) >= 11 is 0. The molecule has 1 N–H and O–H groups in total. The second-order valence-electron chi connectivity index (χ2n) is 8.00. The van der Waals surface area contributed by atoms with Crippen molar-refractivity contribution in [3.8, 4) is 0 Å². The monoisotopic (exact) mass is 537 g/mol. The van der Waals surface area contributed by atoms with E-state index in [9.17, 15) is 40.8 Å². The molecule has 1 atom stereocenters. The third kappa shape index (κ3) is 4.63. The minimum Gasteiger partial charge on any atom is -0.478 e. The van der Waals surface area contributed by atoms with Gasteiger partial charge in [-0.2, -0.15) is 21.6 Å². The molecule has 0 bridgehead atoms. The minimum atomic E-state index is -6.38. The molecule has 2 amide bonds. The number of ether oxygens (including phenoxy) is 1. The van der Waals surface area contributed by atoms with Gasteiger partial charge in [0, 0.05) is 5.56 Å². The Morgan fingerprint density at radius 1 is 1.00 bits per heavy atom. The summed E-state index contributed by atoms with van der Waals surface area (Å²) in [5.41, 5.74) is -8.33. The highest BCUT2D eigenvalue weighted by molar-refractivity contribution is 7.87. The van der Waals surface area contributed by atoms with Crippen LogP contribution in [0.2, 0.25) is 0 Å². The van der Waals surface area contributed by atoms with Crippen LogP contribution in [0.5, 0.6) is 0 Å². The van der Waals surface area contributed by atoms with Crippen LogP contribution in [-0.2, 0) is 23.9 Å². The molecule has 0 radical (unpaired) electrons. The fourth-order valence-electron chi connectivity index (χ4n) is 3.61. The van der Waals surface area contributed by atoms with Gasteiger partial charge in [0.2, 0.25) is 0 Å². The number of benzene rings is 2. The SMILES string of the molecule is CC1(OC(=O)c2ccc(C(=O)O)cc2)C=Cc2cccc3c2C(=C1)C(=O)N(OS(=O)(=O)C(F)(F)F)C3=O. The van der Waals surface area contributed by atoms with E-state index in [-0.39, 0.29) is 27.8 Å². The van der Waals surface area contributed by atoms with E-state index in [4.69, 9.17) is 9.84 Å². The Morgan fingerprint density at radius 2 is 1.62 bits per heavy atom. The summed E-state index contributed by atoms with van der Waals surface area (Å²) in [6.45, 7) is 1.33. The molecule has 1 aliphatic heterocycles. The van der Waals surface area contributed by atoms with Gasteiger partial charge in [-0.1, -0.05) is 18.2 Å². The number of aromatic carboxylic acids is 1. The number of imide groups is 1. The summed E-state index contributed by atoms with van der Waals surface area (Å²) in [4.78, 5) is 49.6. The van der Waals surface area contributed by atoms with Crippen molar-refractivity contribution in [1.82, 2.24) is 5.06 Å². The highest BCUT2D eigenvalue weighted by Gasteiger charge is 2.52. The highest BCUT2D eigenvalue weighted by atomic mass is 32.2. The third-order valence-corrected chi connectivity index (χ3v) is 6.27. The number of halogens is 3. The second kappa shape index (κ2) is 8.67. The number of hydrogen-bond acceptors (Lipinski definition) is 8. The lowest BCUT2D eigenvalue weighted by molar-refractivity contribution is -0.144. The molecule has 14 heteroatoms. The Balaban J connectivity index is 1.76. The van der Waals surface area contributed by atoms with Gasteiger partial charge in [-0.3, -0.25) is 9.59 Å². The van der Waals surface area contributed by atoms with Crippen molar-refractivity contribution >= 4 is 45.5 Å². The number of hydrogen-bond donors (Lipinski definition) is 1. The number of hydroxylamine groups is 2. The van der Waals surface area contributed by atoms with Gasteiger partial charge in [0.1, 0.15) is 5.60 Å². The van der Waals surface area contributed by atoms with E-state index in [1.165, 1.54) is 43.3 Å². The molecule has 2 aromatic carbocycles. The normalized spacial score (nSPS) is 19.1. The molecule has 2 aliphatic rings. The van der Waals surface area contributed by atoms with Crippen molar-refractivity contribution in [2.75, 3.05) is 0 Å². The van der Waals surface area contributed by atoms with Crippen molar-refractivity contribution in [3.63, 3.8) is 0 Å². The van der Waals surface area contributed by atoms with E-state index >= 15 is 0 Å². The Kier molecular flexibility index (Phi) is 6.04. The van der Waals surface area contributed by atoms with E-state index in [1.54, 1.807) is 0 Å². The first-order chi connectivity index (χ1) is 17.1. The van der Waals surface area contributed by atoms with Crippen LogP contribution in [0.1, 0.15) is 49.1 Å². The zero-order valence-corrected chi connectivity index (χ0v) is 19.3. The number of carbonyl (C=O) groups excluding carboxylic acids is 3. The van der Waals surface area contributed by atoms with Crippen LogP contribution >= 0.6 is 0 Å². The lowest BCUT2D eigenvalue weighted by atomic mass is 9.90. The number of rotatable bonds is 5. The molecule has 192 valence electrons. The van der Waals surface area contributed by atoms with Crippen LogP contribution in [-0.4, -0.2) is 53.4 Å². The highest BCUT2D eigenvalue weighted by Crippen LogP contribution is 2.39. The van der Waals surface area contributed by atoms with Crippen molar-refractivity contribution in [2.45, 2.75) is 18.0 Å². The van der Waals surface area contributed by atoms with Crippen LogP contribution in [0.3, 0.4) is 0 Å². The molecule has 4 rings (SSSR count). The second-order valence-corrected chi connectivity index (χ2v) is 9.52. The molecule has 0 saturated heterocycles. The zero-order valence-electron chi connectivity index (χ0n) is 18.5. The smallest absolute Gasteiger partial charge is 0.478 e. The Labute approximate surface area is 206 Å². The summed E-state index contributed by atoms with van der Waals surface area (Å²) in [5.74, 6) is -5.14. The van der Waals surface area contributed by atoms with Gasteiger partial charge >= 0.3 is 27.6 Å². The van der Waals surface area contributed by atoms with Crippen molar-refractivity contribution < 1.29 is 54.9 Å². The first kappa shape index (κ1) is 25.8. The molecule has 1 heterocycles. The first-order valence-electron chi connectivity index (χ1n) is 10.2. The lowest BCUT2D eigenvalue weighted by Gasteiger charge is -2.29. The summed E-state index contributed by atoms with van der Waals surface area (Å²) in [6, 6.07) is 8.69. The molecule has 0 aromatic heterocycles. The van der Waals surface area contributed by atoms with Gasteiger partial charge in [-0.25, -0.2) is 9.59 Å². The van der Waals surface area contributed by atoms with Crippen LogP contribution < -0.4 is 0 Å². The zero-order chi connectivity index (χ0) is 27.3. The van der Waals surface area contributed by atoms with Crippen LogP contribution in [0.25, 0.3) is 11.6 Å². The van der Waals surface area contributed by atoms with E-state index in [0.717, 1.165) is 24.3 Å². The molecular formula is C23H14F3NO9S. The average Bonchev–Trinajstić information content (AvgIpc) is 2.97. The molecule has 10 nitrogen and oxygen atoms in total. The summed E-state index contributed by atoms with van der Waals surface area (Å²) in [6.07, 6.45) is 3.78. The minimum absolute atomic E-state index is 0.0245. The Morgan fingerprint density at radius 3 is 2.22 bits per heavy atom. The summed E-state index contributed by atoms with van der Waals surface area (Å²) < 4.78 is 71.1. The fraction of sp³-hybridized carbons (Fsp3) is 0.130. The number of carbonyl (C=O) groups is 4. The van der Waals surface area contributed by atoms with Gasteiger partial charge < -0.3 is 9.84 Å². The molecule has 0 spiro atoms. The average molecular weight is 537 g/mol. The topological polar surface area (TPSA) is 144 Å². The number of esters is 1. The molecular weight excluding hydrogens is 523 g/mol. The summed E-state index contributed by atoms with van der Waals surface area (Å²) in [7, 11) is -6.38. The predicted molar refractivity (Wildman–Crippen MR) is 118 cm³/mol. The van der Waals surface area contributed by atoms with E-state index < -0.39 is 55.6 Å². The lowest BCUT2D eigenvalue weighted by Crippen LogP contribution is -2.45. The quantitative estimate of drug-likeness (QED) is 0.345. The number of amides is 2. The van der Waals surface area contributed by atoms with Gasteiger partial charge in [-0.15, -0.1) is 9.35 Å². The van der Waals surface area contributed by atoms with E-state index in [1.807, 2.05) is 0 Å². The van der Waals surface area contributed by atoms with E-state index in [2.05, 4.69) is 4.28 Å². The maximum Gasteiger partial charge on any atom is 0.525 e. The van der Waals surface area contributed by atoms with Crippen LogP contribution in [0, 0.1) is 0 Å². The molecule has 1 unspecified atom stereocenters. The van der Waals surface area contributed by atoms with Crippen molar-refractivity contribution in [2.24, 2.45) is 0 Å². The number of carboxylic acids is 1. The third-order valence-electron chi connectivity index (χ3n) is 5.36. The fourth-order valence-corrected chi connectivity index (χ4v) is 4.02. The van der Waals surface area contributed by atoms with Gasteiger partial charge in [0.15, 0.2) is 0 Å². The molecule has 37 heavy (non-hydrogen) atoms. The number of nitrogens with zero attached hydrogens (tertiary/aromatic N) is 1. The van der Waals surface area contributed by atoms with Crippen LogP contribution in [0.15, 0.2) is 54.6 Å². The van der Waals surface area contributed by atoms with Crippen molar-refractivity contribution in [1.29, 1.82) is 0 Å².